The molecular weight excluding hydrogens is 245 g/mol. The number of hydrogen-bond acceptors (Lipinski definition) is 2. The molecule has 90 valence electrons. The fraction of sp³-hybridized carbons (Fsp3) is 0.500. The van der Waals surface area contributed by atoms with Crippen LogP contribution in [0.4, 0.5) is 0 Å². The van der Waals surface area contributed by atoms with E-state index in [9.17, 15) is 0 Å². The SMILES string of the molecule is CNCc1cc(Cl)cc(Cl)c1OCC(C)C. The van der Waals surface area contributed by atoms with E-state index in [0.29, 0.717) is 29.1 Å². The summed E-state index contributed by atoms with van der Waals surface area (Å²) in [6, 6.07) is 3.58. The summed E-state index contributed by atoms with van der Waals surface area (Å²) in [6.07, 6.45) is 0. The summed E-state index contributed by atoms with van der Waals surface area (Å²) < 4.78 is 5.71. The van der Waals surface area contributed by atoms with Crippen LogP contribution >= 0.6 is 23.2 Å². The van der Waals surface area contributed by atoms with Crippen LogP contribution in [0.3, 0.4) is 0 Å². The highest BCUT2D eigenvalue weighted by atomic mass is 35.5. The van der Waals surface area contributed by atoms with Crippen molar-refractivity contribution < 1.29 is 4.74 Å². The lowest BCUT2D eigenvalue weighted by molar-refractivity contribution is 0.268. The van der Waals surface area contributed by atoms with Gasteiger partial charge in [0.2, 0.25) is 0 Å². The maximum atomic E-state index is 6.12. The van der Waals surface area contributed by atoms with E-state index in [1.807, 2.05) is 13.1 Å². The second kappa shape index (κ2) is 6.33. The van der Waals surface area contributed by atoms with Crippen molar-refractivity contribution in [2.24, 2.45) is 5.92 Å². The molecule has 1 rings (SSSR count). The summed E-state index contributed by atoms with van der Waals surface area (Å²) in [5, 5.41) is 4.27. The Morgan fingerprint density at radius 2 is 2.00 bits per heavy atom. The predicted molar refractivity (Wildman–Crippen MR) is 69.6 cm³/mol. The van der Waals surface area contributed by atoms with Gasteiger partial charge < -0.3 is 10.1 Å². The number of halogens is 2. The standard InChI is InChI=1S/C12H17Cl2NO/c1-8(2)7-16-12-9(6-15-3)4-10(13)5-11(12)14/h4-5,8,15H,6-7H2,1-3H3. The van der Waals surface area contributed by atoms with E-state index in [2.05, 4.69) is 19.2 Å². The third kappa shape index (κ3) is 3.85. The average Bonchev–Trinajstić information content (AvgIpc) is 2.16. The fourth-order valence-electron chi connectivity index (χ4n) is 1.35. The molecular formula is C12H17Cl2NO. The molecule has 0 amide bonds. The number of nitrogens with one attached hydrogen (secondary N) is 1. The van der Waals surface area contributed by atoms with Gasteiger partial charge in [-0.25, -0.2) is 0 Å². The first-order valence-corrected chi connectivity index (χ1v) is 6.05. The molecule has 0 aliphatic carbocycles. The van der Waals surface area contributed by atoms with Crippen molar-refractivity contribution >= 4 is 23.2 Å². The summed E-state index contributed by atoms with van der Waals surface area (Å²) in [4.78, 5) is 0. The average molecular weight is 262 g/mol. The van der Waals surface area contributed by atoms with Crippen molar-refractivity contribution in [1.82, 2.24) is 5.32 Å². The Morgan fingerprint density at radius 3 is 2.56 bits per heavy atom. The zero-order valence-electron chi connectivity index (χ0n) is 9.81. The minimum Gasteiger partial charge on any atom is -0.491 e. The molecule has 0 unspecified atom stereocenters. The molecule has 0 radical (unpaired) electrons. The fourth-order valence-corrected chi connectivity index (χ4v) is 1.94. The van der Waals surface area contributed by atoms with Gasteiger partial charge in [-0.1, -0.05) is 37.0 Å². The van der Waals surface area contributed by atoms with E-state index in [4.69, 9.17) is 27.9 Å². The van der Waals surface area contributed by atoms with Crippen LogP contribution in [-0.4, -0.2) is 13.7 Å². The van der Waals surface area contributed by atoms with Crippen molar-refractivity contribution in [3.63, 3.8) is 0 Å². The van der Waals surface area contributed by atoms with E-state index in [1.165, 1.54) is 0 Å². The first-order chi connectivity index (χ1) is 7.54. The number of hydrogen-bond donors (Lipinski definition) is 1. The molecule has 16 heavy (non-hydrogen) atoms. The lowest BCUT2D eigenvalue weighted by Crippen LogP contribution is -2.10. The molecule has 2 nitrogen and oxygen atoms in total. The normalized spacial score (nSPS) is 10.9. The summed E-state index contributed by atoms with van der Waals surface area (Å²) in [5.41, 5.74) is 0.987. The molecule has 0 aromatic heterocycles. The topological polar surface area (TPSA) is 21.3 Å². The summed E-state index contributed by atoms with van der Waals surface area (Å²) in [6.45, 7) is 5.54. The maximum Gasteiger partial charge on any atom is 0.142 e. The minimum absolute atomic E-state index is 0.467. The lowest BCUT2D eigenvalue weighted by Gasteiger charge is -2.15. The van der Waals surface area contributed by atoms with Crippen LogP contribution in [0.1, 0.15) is 19.4 Å². The summed E-state index contributed by atoms with van der Waals surface area (Å²) in [7, 11) is 1.88. The van der Waals surface area contributed by atoms with E-state index < -0.39 is 0 Å². The van der Waals surface area contributed by atoms with Gasteiger partial charge >= 0.3 is 0 Å². The molecule has 1 N–H and O–H groups in total. The van der Waals surface area contributed by atoms with Gasteiger partial charge in [-0.05, 0) is 25.1 Å². The number of rotatable bonds is 5. The number of benzene rings is 1. The van der Waals surface area contributed by atoms with Crippen LogP contribution in [0.5, 0.6) is 5.75 Å². The van der Waals surface area contributed by atoms with Crippen LogP contribution in [-0.2, 0) is 6.54 Å². The molecule has 0 saturated carbocycles. The van der Waals surface area contributed by atoms with E-state index in [1.54, 1.807) is 6.07 Å². The summed E-state index contributed by atoms with van der Waals surface area (Å²) >= 11 is 12.1. The highest BCUT2D eigenvalue weighted by molar-refractivity contribution is 6.35. The van der Waals surface area contributed by atoms with Crippen molar-refractivity contribution in [2.45, 2.75) is 20.4 Å². The van der Waals surface area contributed by atoms with Gasteiger partial charge in [0.25, 0.3) is 0 Å². The van der Waals surface area contributed by atoms with E-state index in [0.717, 1.165) is 11.3 Å². The monoisotopic (exact) mass is 261 g/mol. The van der Waals surface area contributed by atoms with E-state index in [-0.39, 0.29) is 0 Å². The van der Waals surface area contributed by atoms with Crippen molar-refractivity contribution in [2.75, 3.05) is 13.7 Å². The van der Waals surface area contributed by atoms with Gasteiger partial charge in [0.15, 0.2) is 0 Å². The van der Waals surface area contributed by atoms with E-state index >= 15 is 0 Å². The minimum atomic E-state index is 0.467. The Hall–Kier alpha value is -0.440. The zero-order chi connectivity index (χ0) is 12.1. The van der Waals surface area contributed by atoms with Gasteiger partial charge in [0, 0.05) is 17.1 Å². The Labute approximate surface area is 107 Å². The highest BCUT2D eigenvalue weighted by Crippen LogP contribution is 2.32. The number of ether oxygens (including phenoxy) is 1. The van der Waals surface area contributed by atoms with Gasteiger partial charge in [0.1, 0.15) is 5.75 Å². The first-order valence-electron chi connectivity index (χ1n) is 5.30. The molecule has 0 aliphatic heterocycles. The molecule has 0 bridgehead atoms. The van der Waals surface area contributed by atoms with Crippen LogP contribution < -0.4 is 10.1 Å². The van der Waals surface area contributed by atoms with Crippen LogP contribution in [0.2, 0.25) is 10.0 Å². The Balaban J connectivity index is 2.94. The molecule has 1 aromatic carbocycles. The predicted octanol–water partition coefficient (Wildman–Crippen LogP) is 3.75. The third-order valence-corrected chi connectivity index (χ3v) is 2.51. The van der Waals surface area contributed by atoms with Gasteiger partial charge in [-0.3, -0.25) is 0 Å². The Kier molecular flexibility index (Phi) is 5.39. The Morgan fingerprint density at radius 1 is 1.31 bits per heavy atom. The van der Waals surface area contributed by atoms with Gasteiger partial charge in [-0.15, -0.1) is 0 Å². The second-order valence-corrected chi connectivity index (χ2v) is 4.95. The van der Waals surface area contributed by atoms with Crippen LogP contribution in [0.15, 0.2) is 12.1 Å². The molecule has 0 heterocycles. The third-order valence-electron chi connectivity index (χ3n) is 2.01. The molecule has 0 aliphatic rings. The van der Waals surface area contributed by atoms with Crippen molar-refractivity contribution in [3.8, 4) is 5.75 Å². The molecule has 0 fully saturated rings. The highest BCUT2D eigenvalue weighted by Gasteiger charge is 2.10. The van der Waals surface area contributed by atoms with Crippen LogP contribution in [0, 0.1) is 5.92 Å². The molecule has 1 aromatic rings. The molecule has 0 atom stereocenters. The van der Waals surface area contributed by atoms with Crippen molar-refractivity contribution in [1.29, 1.82) is 0 Å². The second-order valence-electron chi connectivity index (χ2n) is 4.11. The van der Waals surface area contributed by atoms with Gasteiger partial charge in [0.05, 0.1) is 11.6 Å². The van der Waals surface area contributed by atoms with Gasteiger partial charge in [-0.2, -0.15) is 0 Å². The van der Waals surface area contributed by atoms with Crippen LogP contribution in [0.25, 0.3) is 0 Å². The molecule has 4 heteroatoms. The lowest BCUT2D eigenvalue weighted by atomic mass is 10.2. The quantitative estimate of drug-likeness (QED) is 0.872. The maximum absolute atomic E-state index is 6.12. The first kappa shape index (κ1) is 13.6. The largest absolute Gasteiger partial charge is 0.491 e. The molecule has 0 saturated heterocycles. The summed E-state index contributed by atoms with van der Waals surface area (Å²) in [5.74, 6) is 1.20. The van der Waals surface area contributed by atoms with Crippen molar-refractivity contribution in [3.05, 3.63) is 27.7 Å². The Bertz CT molecular complexity index is 353. The zero-order valence-corrected chi connectivity index (χ0v) is 11.3. The molecule has 0 spiro atoms. The smallest absolute Gasteiger partial charge is 0.142 e.